The summed E-state index contributed by atoms with van der Waals surface area (Å²) in [4.78, 5) is 19.3. The number of nitrogens with zero attached hydrogens (tertiary/aromatic N) is 4. The average molecular weight is 445 g/mol. The van der Waals surface area contributed by atoms with Crippen molar-refractivity contribution in [3.8, 4) is 11.9 Å². The van der Waals surface area contributed by atoms with E-state index in [1.807, 2.05) is 30.3 Å². The second-order valence-corrected chi connectivity index (χ2v) is 7.32. The van der Waals surface area contributed by atoms with Crippen molar-refractivity contribution in [1.82, 2.24) is 9.47 Å². The molecule has 1 N–H and O–H groups in total. The molecule has 0 bridgehead atoms. The third-order valence-corrected chi connectivity index (χ3v) is 5.45. The first kappa shape index (κ1) is 20.3. The summed E-state index contributed by atoms with van der Waals surface area (Å²) in [6, 6.07) is 9.40. The standard InChI is InChI=1S/C20H21BrN4O3/c1-14-15(12-22)19(26)25(7-6-24-8-10-28-11-9-24)20(27)16(14)13-23-18-5-3-2-4-17(18)21/h2-5,13,27H,6-11H2,1H3. The summed E-state index contributed by atoms with van der Waals surface area (Å²) >= 11 is 3.43. The van der Waals surface area contributed by atoms with Gasteiger partial charge in [-0.2, -0.15) is 5.26 Å². The lowest BCUT2D eigenvalue weighted by atomic mass is 10.1. The van der Waals surface area contributed by atoms with Gasteiger partial charge < -0.3 is 9.84 Å². The number of morpholine rings is 1. The molecule has 1 fully saturated rings. The van der Waals surface area contributed by atoms with Crippen LogP contribution >= 0.6 is 15.9 Å². The maximum absolute atomic E-state index is 12.7. The maximum Gasteiger partial charge on any atom is 0.271 e. The van der Waals surface area contributed by atoms with E-state index in [1.54, 1.807) is 6.92 Å². The van der Waals surface area contributed by atoms with E-state index in [1.165, 1.54) is 10.8 Å². The van der Waals surface area contributed by atoms with E-state index in [2.05, 4.69) is 25.8 Å². The van der Waals surface area contributed by atoms with Crippen LogP contribution < -0.4 is 5.56 Å². The van der Waals surface area contributed by atoms with E-state index in [4.69, 9.17) is 4.74 Å². The van der Waals surface area contributed by atoms with Gasteiger partial charge in [-0.25, -0.2) is 0 Å². The lowest BCUT2D eigenvalue weighted by Gasteiger charge is -2.27. The van der Waals surface area contributed by atoms with Gasteiger partial charge in [-0.1, -0.05) is 12.1 Å². The van der Waals surface area contributed by atoms with Crippen LogP contribution in [0.3, 0.4) is 0 Å². The Labute approximate surface area is 171 Å². The minimum atomic E-state index is -0.483. The molecule has 0 amide bonds. The molecule has 0 atom stereocenters. The second-order valence-electron chi connectivity index (χ2n) is 6.47. The molecule has 1 saturated heterocycles. The lowest BCUT2D eigenvalue weighted by molar-refractivity contribution is 0.0360. The van der Waals surface area contributed by atoms with Crippen LogP contribution in [-0.2, 0) is 11.3 Å². The zero-order valence-electron chi connectivity index (χ0n) is 15.6. The van der Waals surface area contributed by atoms with E-state index < -0.39 is 5.56 Å². The van der Waals surface area contributed by atoms with Crippen molar-refractivity contribution >= 4 is 27.8 Å². The maximum atomic E-state index is 12.7. The molecule has 3 rings (SSSR count). The van der Waals surface area contributed by atoms with Gasteiger partial charge in [0.05, 0.1) is 24.5 Å². The molecule has 146 valence electrons. The molecule has 1 aliphatic rings. The molecular weight excluding hydrogens is 424 g/mol. The number of halogens is 1. The SMILES string of the molecule is Cc1c(C=Nc2ccccc2Br)c(O)n(CCN2CCOCC2)c(=O)c1C#N. The van der Waals surface area contributed by atoms with Crippen LogP contribution in [0.5, 0.6) is 5.88 Å². The topological polar surface area (TPSA) is 90.8 Å². The number of hydrogen-bond acceptors (Lipinski definition) is 6. The fourth-order valence-corrected chi connectivity index (χ4v) is 3.48. The monoisotopic (exact) mass is 444 g/mol. The van der Waals surface area contributed by atoms with Crippen LogP contribution in [-0.4, -0.2) is 53.6 Å². The van der Waals surface area contributed by atoms with E-state index >= 15 is 0 Å². The number of rotatable bonds is 5. The Morgan fingerprint density at radius 1 is 1.32 bits per heavy atom. The number of pyridine rings is 1. The molecule has 0 radical (unpaired) electrons. The first-order chi connectivity index (χ1) is 13.5. The fraction of sp³-hybridized carbons (Fsp3) is 0.350. The Balaban J connectivity index is 1.96. The van der Waals surface area contributed by atoms with Crippen molar-refractivity contribution in [2.24, 2.45) is 4.99 Å². The van der Waals surface area contributed by atoms with Crippen molar-refractivity contribution in [3.63, 3.8) is 0 Å². The third-order valence-electron chi connectivity index (χ3n) is 4.78. The predicted molar refractivity (Wildman–Crippen MR) is 110 cm³/mol. The molecule has 8 heteroatoms. The summed E-state index contributed by atoms with van der Waals surface area (Å²) in [5, 5.41) is 20.2. The number of aromatic hydroxyl groups is 1. The average Bonchev–Trinajstić information content (AvgIpc) is 2.70. The molecule has 28 heavy (non-hydrogen) atoms. The van der Waals surface area contributed by atoms with Crippen molar-refractivity contribution in [1.29, 1.82) is 5.26 Å². The predicted octanol–water partition coefficient (Wildman–Crippen LogP) is 2.58. The van der Waals surface area contributed by atoms with E-state index in [9.17, 15) is 15.2 Å². The smallest absolute Gasteiger partial charge is 0.271 e. The first-order valence-corrected chi connectivity index (χ1v) is 9.77. The summed E-state index contributed by atoms with van der Waals surface area (Å²) in [6.07, 6.45) is 1.50. The normalized spacial score (nSPS) is 15.0. The Hall–Kier alpha value is -2.47. The second kappa shape index (κ2) is 9.15. The van der Waals surface area contributed by atoms with E-state index in [0.29, 0.717) is 36.6 Å². The highest BCUT2D eigenvalue weighted by atomic mass is 79.9. The Morgan fingerprint density at radius 2 is 2.04 bits per heavy atom. The minimum absolute atomic E-state index is 0.0216. The first-order valence-electron chi connectivity index (χ1n) is 8.98. The molecule has 2 aromatic rings. The van der Waals surface area contributed by atoms with Gasteiger partial charge in [-0.3, -0.25) is 19.3 Å². The van der Waals surface area contributed by atoms with Gasteiger partial charge in [-0.05, 0) is 40.5 Å². The molecule has 7 nitrogen and oxygen atoms in total. The highest BCUT2D eigenvalue weighted by Gasteiger charge is 2.19. The van der Waals surface area contributed by atoms with Gasteiger partial charge in [0.15, 0.2) is 0 Å². The molecule has 1 aromatic heterocycles. The van der Waals surface area contributed by atoms with Crippen molar-refractivity contribution in [3.05, 3.63) is 55.8 Å². The summed E-state index contributed by atoms with van der Waals surface area (Å²) in [7, 11) is 0. The number of nitriles is 1. The quantitative estimate of drug-likeness (QED) is 0.715. The van der Waals surface area contributed by atoms with Crippen molar-refractivity contribution < 1.29 is 9.84 Å². The van der Waals surface area contributed by atoms with Crippen LogP contribution in [0.1, 0.15) is 16.7 Å². The molecule has 1 aromatic carbocycles. The van der Waals surface area contributed by atoms with Crippen LogP contribution in [0.15, 0.2) is 38.5 Å². The summed E-state index contributed by atoms with van der Waals surface area (Å²) in [6.45, 7) is 5.39. The van der Waals surface area contributed by atoms with Crippen molar-refractivity contribution in [2.75, 3.05) is 32.8 Å². The number of ether oxygens (including phenoxy) is 1. The molecule has 1 aliphatic heterocycles. The molecule has 0 saturated carbocycles. The van der Waals surface area contributed by atoms with E-state index in [0.717, 1.165) is 17.6 Å². The molecule has 0 spiro atoms. The lowest BCUT2D eigenvalue weighted by Crippen LogP contribution is -2.39. The molecule has 0 unspecified atom stereocenters. The number of hydrogen-bond donors (Lipinski definition) is 1. The van der Waals surface area contributed by atoms with Crippen molar-refractivity contribution in [2.45, 2.75) is 13.5 Å². The summed E-state index contributed by atoms with van der Waals surface area (Å²) in [5.74, 6) is -0.175. The Kier molecular flexibility index (Phi) is 6.62. The molecule has 0 aliphatic carbocycles. The Morgan fingerprint density at radius 3 is 2.71 bits per heavy atom. The summed E-state index contributed by atoms with van der Waals surface area (Å²) in [5.41, 5.74) is 1.01. The number of aromatic nitrogens is 1. The number of aliphatic imine (C=N–C) groups is 1. The van der Waals surface area contributed by atoms with Crippen LogP contribution in [0, 0.1) is 18.3 Å². The largest absolute Gasteiger partial charge is 0.494 e. The zero-order valence-corrected chi connectivity index (χ0v) is 17.1. The van der Waals surface area contributed by atoms with Gasteiger partial charge in [-0.15, -0.1) is 0 Å². The van der Waals surface area contributed by atoms with Gasteiger partial charge >= 0.3 is 0 Å². The van der Waals surface area contributed by atoms with Crippen LogP contribution in [0.2, 0.25) is 0 Å². The number of benzene rings is 1. The van der Waals surface area contributed by atoms with Gasteiger partial charge in [0.1, 0.15) is 11.6 Å². The van der Waals surface area contributed by atoms with Gasteiger partial charge in [0.25, 0.3) is 5.56 Å². The van der Waals surface area contributed by atoms with Crippen LogP contribution in [0.25, 0.3) is 0 Å². The van der Waals surface area contributed by atoms with E-state index in [-0.39, 0.29) is 18.0 Å². The van der Waals surface area contributed by atoms with Gasteiger partial charge in [0.2, 0.25) is 5.88 Å². The minimum Gasteiger partial charge on any atom is -0.494 e. The highest BCUT2D eigenvalue weighted by molar-refractivity contribution is 9.10. The zero-order chi connectivity index (χ0) is 20.1. The van der Waals surface area contributed by atoms with Crippen LogP contribution in [0.4, 0.5) is 5.69 Å². The summed E-state index contributed by atoms with van der Waals surface area (Å²) < 4.78 is 7.39. The third kappa shape index (κ3) is 4.33. The molecule has 2 heterocycles. The molecular formula is C20H21BrN4O3. The van der Waals surface area contributed by atoms with Gasteiger partial charge in [0, 0.05) is 36.9 Å². The Bertz CT molecular complexity index is 988. The number of para-hydroxylation sites is 1. The highest BCUT2D eigenvalue weighted by Crippen LogP contribution is 2.26. The fourth-order valence-electron chi connectivity index (χ4n) is 3.09.